The smallest absolute Gasteiger partial charge is 0.255 e. The highest BCUT2D eigenvalue weighted by Gasteiger charge is 2.33. The number of methoxy groups -OCH3 is 1. The van der Waals surface area contributed by atoms with E-state index in [0.29, 0.717) is 51.8 Å². The summed E-state index contributed by atoms with van der Waals surface area (Å²) in [6, 6.07) is 9.71. The number of rotatable bonds is 7. The summed E-state index contributed by atoms with van der Waals surface area (Å²) in [6.07, 6.45) is 1.62. The molecule has 35 heavy (non-hydrogen) atoms. The second-order valence-corrected chi connectivity index (χ2v) is 7.98. The molecule has 8 nitrogen and oxygen atoms in total. The molecule has 1 aromatic carbocycles. The Kier molecular flexibility index (Phi) is 5.94. The van der Waals surface area contributed by atoms with Crippen molar-refractivity contribution in [1.82, 2.24) is 20.3 Å². The number of anilines is 2. The van der Waals surface area contributed by atoms with Crippen molar-refractivity contribution in [3.63, 3.8) is 0 Å². The molecule has 3 aromatic heterocycles. The predicted octanol–water partition coefficient (Wildman–Crippen LogP) is 4.71. The van der Waals surface area contributed by atoms with Gasteiger partial charge in [-0.2, -0.15) is 0 Å². The Bertz CT molecular complexity index is 1420. The molecule has 3 N–H and O–H groups in total. The van der Waals surface area contributed by atoms with Crippen LogP contribution in [-0.2, 0) is 0 Å². The first-order chi connectivity index (χ1) is 17.0. The highest BCUT2D eigenvalue weighted by atomic mass is 19.1. The lowest BCUT2D eigenvalue weighted by Gasteiger charge is -2.21. The summed E-state index contributed by atoms with van der Waals surface area (Å²) in [5.74, 6) is -1.08. The Hall–Kier alpha value is -4.21. The molecule has 4 aromatic rings. The zero-order valence-electron chi connectivity index (χ0n) is 19.1. The van der Waals surface area contributed by atoms with Gasteiger partial charge in [0.1, 0.15) is 5.52 Å². The number of ether oxygens (including phenoxy) is 2. The number of hydrogen-bond donors (Lipinski definition) is 3. The van der Waals surface area contributed by atoms with E-state index in [2.05, 4.69) is 25.6 Å². The average molecular weight is 479 g/mol. The molecule has 0 unspecified atom stereocenters. The Morgan fingerprint density at radius 3 is 2.86 bits per heavy atom. The molecule has 1 amide bonds. The van der Waals surface area contributed by atoms with Crippen LogP contribution in [-0.4, -0.2) is 47.8 Å². The minimum absolute atomic E-state index is 0.0111. The van der Waals surface area contributed by atoms with E-state index in [0.717, 1.165) is 0 Å². The molecular weight excluding hydrogens is 456 g/mol. The Labute approximate surface area is 199 Å². The summed E-state index contributed by atoms with van der Waals surface area (Å²) in [4.78, 5) is 25.2. The molecule has 5 rings (SSSR count). The first-order valence-corrected chi connectivity index (χ1v) is 11.1. The van der Waals surface area contributed by atoms with Crippen molar-refractivity contribution in [3.8, 4) is 22.9 Å². The number of pyridine rings is 2. The summed E-state index contributed by atoms with van der Waals surface area (Å²) < 4.78 is 39.2. The van der Waals surface area contributed by atoms with Crippen molar-refractivity contribution in [2.24, 2.45) is 0 Å². The van der Waals surface area contributed by atoms with E-state index >= 15 is 0 Å². The van der Waals surface area contributed by atoms with E-state index in [4.69, 9.17) is 9.47 Å². The number of H-pyrrole nitrogens is 1. The van der Waals surface area contributed by atoms with Gasteiger partial charge < -0.3 is 25.1 Å². The van der Waals surface area contributed by atoms with Crippen LogP contribution in [0, 0.1) is 5.82 Å². The molecule has 0 fully saturated rings. The van der Waals surface area contributed by atoms with E-state index in [1.54, 1.807) is 30.5 Å². The number of hydrogen-bond acceptors (Lipinski definition) is 6. The lowest BCUT2D eigenvalue weighted by Crippen LogP contribution is -2.35. The molecule has 0 saturated heterocycles. The van der Waals surface area contributed by atoms with Gasteiger partial charge in [0.2, 0.25) is 5.88 Å². The topological polar surface area (TPSA) is 101 Å². The maximum atomic E-state index is 14.4. The number of amides is 1. The van der Waals surface area contributed by atoms with Gasteiger partial charge in [-0.3, -0.25) is 14.2 Å². The van der Waals surface area contributed by atoms with Gasteiger partial charge in [0.05, 0.1) is 48.5 Å². The zero-order chi connectivity index (χ0) is 24.5. The highest BCUT2D eigenvalue weighted by Crippen LogP contribution is 2.43. The number of aromatic nitrogens is 3. The number of benzene rings is 1. The Morgan fingerprint density at radius 1 is 1.23 bits per heavy atom. The monoisotopic (exact) mass is 479 g/mol. The third-order valence-corrected chi connectivity index (χ3v) is 5.91. The second kappa shape index (κ2) is 9.21. The summed E-state index contributed by atoms with van der Waals surface area (Å²) >= 11 is 0. The van der Waals surface area contributed by atoms with Gasteiger partial charge in [-0.1, -0.05) is 6.07 Å². The lowest BCUT2D eigenvalue weighted by atomic mass is 9.97. The lowest BCUT2D eigenvalue weighted by molar-refractivity contribution is 0.0938. The summed E-state index contributed by atoms with van der Waals surface area (Å²) in [7, 11) is 1.36. The van der Waals surface area contributed by atoms with E-state index in [1.165, 1.54) is 19.2 Å². The molecule has 1 atom stereocenters. The first kappa shape index (κ1) is 22.6. The molecule has 0 spiro atoms. The van der Waals surface area contributed by atoms with E-state index in [1.807, 2.05) is 6.92 Å². The number of nitrogens with zero attached hydrogens (tertiary/aromatic N) is 2. The van der Waals surface area contributed by atoms with Crippen LogP contribution in [0.3, 0.4) is 0 Å². The average Bonchev–Trinajstić information content (AvgIpc) is 3.24. The summed E-state index contributed by atoms with van der Waals surface area (Å²) in [5.41, 5.74) is 3.63. The van der Waals surface area contributed by atoms with Crippen LogP contribution in [0.25, 0.3) is 22.3 Å². The number of nitrogens with one attached hydrogen (secondary N) is 3. The molecule has 10 heteroatoms. The van der Waals surface area contributed by atoms with Crippen LogP contribution in [0.4, 0.5) is 20.2 Å². The fraction of sp³-hybridized carbons (Fsp3) is 0.240. The van der Waals surface area contributed by atoms with Crippen LogP contribution in [0.5, 0.6) is 11.6 Å². The summed E-state index contributed by atoms with van der Waals surface area (Å²) in [5, 5.41) is 5.90. The minimum Gasteiger partial charge on any atom is -0.492 e. The van der Waals surface area contributed by atoms with Crippen LogP contribution in [0.15, 0.2) is 42.6 Å². The quantitative estimate of drug-likeness (QED) is 0.355. The fourth-order valence-corrected chi connectivity index (χ4v) is 4.31. The molecular formula is C25H23F2N5O3. The SMILES string of the molecule is CCOc1ccc2nccc(-c3[nH]c4c(c3Nc3cccc(F)c3OC)C(=O)NC[C@@H]4CF)c2n1. The molecule has 180 valence electrons. The van der Waals surface area contributed by atoms with E-state index < -0.39 is 18.4 Å². The van der Waals surface area contributed by atoms with Crippen molar-refractivity contribution in [2.75, 3.05) is 32.3 Å². The molecule has 1 aliphatic rings. The second-order valence-electron chi connectivity index (χ2n) is 7.98. The van der Waals surface area contributed by atoms with Gasteiger partial charge in [-0.15, -0.1) is 0 Å². The van der Waals surface area contributed by atoms with Crippen LogP contribution < -0.4 is 20.1 Å². The predicted molar refractivity (Wildman–Crippen MR) is 128 cm³/mol. The van der Waals surface area contributed by atoms with Crippen LogP contribution in [0.1, 0.15) is 28.9 Å². The number of fused-ring (bicyclic) bond motifs is 2. The number of carbonyl (C=O) groups is 1. The standard InChI is InChI=1S/C25H23F2N5O3/c1-3-35-18-8-7-16-21(31-18)14(9-10-28-16)22-23(30-17-6-4-5-15(27)24(17)34-2)19-20(32-22)13(11-26)12-29-25(19)33/h4-10,13,30,32H,3,11-12H2,1-2H3,(H,29,33)/t13-/m0/s1. The van der Waals surface area contributed by atoms with Crippen LogP contribution in [0.2, 0.25) is 0 Å². The maximum absolute atomic E-state index is 14.4. The molecule has 4 heterocycles. The Morgan fingerprint density at radius 2 is 2.09 bits per heavy atom. The van der Waals surface area contributed by atoms with Crippen molar-refractivity contribution >= 4 is 28.3 Å². The number of alkyl halides is 1. The summed E-state index contributed by atoms with van der Waals surface area (Å²) in [6.45, 7) is 1.79. The van der Waals surface area contributed by atoms with Crippen molar-refractivity contribution < 1.29 is 23.0 Å². The van der Waals surface area contributed by atoms with Gasteiger partial charge >= 0.3 is 0 Å². The van der Waals surface area contributed by atoms with E-state index in [9.17, 15) is 13.6 Å². The van der Waals surface area contributed by atoms with E-state index in [-0.39, 0.29) is 23.8 Å². The van der Waals surface area contributed by atoms with Gasteiger partial charge in [0.15, 0.2) is 11.6 Å². The molecule has 0 saturated carbocycles. The maximum Gasteiger partial charge on any atom is 0.255 e. The van der Waals surface area contributed by atoms with Crippen LogP contribution >= 0.6 is 0 Å². The van der Waals surface area contributed by atoms with Crippen molar-refractivity contribution in [1.29, 1.82) is 0 Å². The number of aromatic amines is 1. The van der Waals surface area contributed by atoms with Gasteiger partial charge in [-0.05, 0) is 31.2 Å². The minimum atomic E-state index is -0.667. The first-order valence-electron chi connectivity index (χ1n) is 11.1. The van der Waals surface area contributed by atoms with Gasteiger partial charge in [0, 0.05) is 36.0 Å². The van der Waals surface area contributed by atoms with Crippen molar-refractivity contribution in [3.05, 3.63) is 59.7 Å². The highest BCUT2D eigenvalue weighted by molar-refractivity contribution is 6.08. The van der Waals surface area contributed by atoms with Gasteiger partial charge in [0.25, 0.3) is 5.91 Å². The third-order valence-electron chi connectivity index (χ3n) is 5.91. The molecule has 0 bridgehead atoms. The normalized spacial score (nSPS) is 15.0. The van der Waals surface area contributed by atoms with Gasteiger partial charge in [-0.25, -0.2) is 9.37 Å². The molecule has 1 aliphatic heterocycles. The fourth-order valence-electron chi connectivity index (χ4n) is 4.31. The largest absolute Gasteiger partial charge is 0.492 e. The zero-order valence-corrected chi connectivity index (χ0v) is 19.1. The molecule has 0 aliphatic carbocycles. The number of halogens is 2. The Balaban J connectivity index is 1.77. The number of carbonyl (C=O) groups excluding carboxylic acids is 1. The van der Waals surface area contributed by atoms with Crippen molar-refractivity contribution in [2.45, 2.75) is 12.8 Å². The third kappa shape index (κ3) is 3.90. The molecule has 0 radical (unpaired) electrons. The number of para-hydroxylation sites is 1.